The van der Waals surface area contributed by atoms with Crippen molar-refractivity contribution in [2.24, 2.45) is 0 Å². The van der Waals surface area contributed by atoms with E-state index in [4.69, 9.17) is 0 Å². The van der Waals surface area contributed by atoms with E-state index in [0.717, 1.165) is 24.2 Å². The maximum Gasteiger partial charge on any atom is 0.265 e. The van der Waals surface area contributed by atoms with Crippen molar-refractivity contribution in [3.63, 3.8) is 0 Å². The third kappa shape index (κ3) is 1.94. The number of nitrogens with one attached hydrogen (secondary N) is 1. The van der Waals surface area contributed by atoms with Crippen LogP contribution in [0.3, 0.4) is 0 Å². The standard InChI is InChI=1S/C13H13BrN4O/c14-10-11(7-1-2-7)16-12(17-13(10)19)9-5-15-6-18(9)8-3-4-8/h5-8H,1-4H2,(H,16,17,19). The lowest BCUT2D eigenvalue weighted by Gasteiger charge is -2.08. The van der Waals surface area contributed by atoms with E-state index in [2.05, 4.69) is 35.4 Å². The van der Waals surface area contributed by atoms with Crippen LogP contribution in [-0.2, 0) is 0 Å². The van der Waals surface area contributed by atoms with Gasteiger partial charge < -0.3 is 9.55 Å². The van der Waals surface area contributed by atoms with E-state index in [1.54, 1.807) is 6.20 Å². The van der Waals surface area contributed by atoms with Crippen LogP contribution in [0.15, 0.2) is 21.8 Å². The van der Waals surface area contributed by atoms with Gasteiger partial charge in [0.15, 0.2) is 5.82 Å². The van der Waals surface area contributed by atoms with E-state index >= 15 is 0 Å². The lowest BCUT2D eigenvalue weighted by molar-refractivity contribution is 0.741. The molecule has 0 radical (unpaired) electrons. The number of H-pyrrole nitrogens is 1. The van der Waals surface area contributed by atoms with Crippen molar-refractivity contribution in [2.45, 2.75) is 37.6 Å². The molecular weight excluding hydrogens is 308 g/mol. The minimum Gasteiger partial charge on any atom is -0.325 e. The molecule has 0 spiro atoms. The first-order chi connectivity index (χ1) is 9.24. The van der Waals surface area contributed by atoms with Gasteiger partial charge in [-0.2, -0.15) is 0 Å². The molecule has 1 N–H and O–H groups in total. The predicted molar refractivity (Wildman–Crippen MR) is 74.0 cm³/mol. The van der Waals surface area contributed by atoms with Crippen molar-refractivity contribution in [2.75, 3.05) is 0 Å². The zero-order chi connectivity index (χ0) is 13.0. The summed E-state index contributed by atoms with van der Waals surface area (Å²) in [7, 11) is 0. The summed E-state index contributed by atoms with van der Waals surface area (Å²) in [6, 6.07) is 0.524. The van der Waals surface area contributed by atoms with Crippen molar-refractivity contribution in [3.05, 3.63) is 33.0 Å². The fourth-order valence-corrected chi connectivity index (χ4v) is 2.87. The van der Waals surface area contributed by atoms with Crippen LogP contribution in [0.2, 0.25) is 0 Å². The number of nitrogens with zero attached hydrogens (tertiary/aromatic N) is 3. The Morgan fingerprint density at radius 2 is 2.11 bits per heavy atom. The average molecular weight is 321 g/mol. The van der Waals surface area contributed by atoms with Gasteiger partial charge in [0.1, 0.15) is 10.2 Å². The number of aromatic nitrogens is 4. The maximum atomic E-state index is 12.0. The van der Waals surface area contributed by atoms with Gasteiger partial charge in [0, 0.05) is 12.0 Å². The van der Waals surface area contributed by atoms with Crippen LogP contribution in [-0.4, -0.2) is 19.5 Å². The van der Waals surface area contributed by atoms with Crippen LogP contribution < -0.4 is 5.56 Å². The average Bonchev–Trinajstić information content (AvgIpc) is 3.32. The highest BCUT2D eigenvalue weighted by atomic mass is 79.9. The molecule has 0 saturated heterocycles. The van der Waals surface area contributed by atoms with Gasteiger partial charge in [-0.05, 0) is 41.6 Å². The monoisotopic (exact) mass is 320 g/mol. The predicted octanol–water partition coefficient (Wildman–Crippen LogP) is 2.61. The van der Waals surface area contributed by atoms with Crippen LogP contribution in [0.4, 0.5) is 0 Å². The van der Waals surface area contributed by atoms with Gasteiger partial charge in [-0.1, -0.05) is 0 Å². The van der Waals surface area contributed by atoms with Crippen LogP contribution in [0, 0.1) is 0 Å². The highest BCUT2D eigenvalue weighted by Crippen LogP contribution is 2.42. The molecule has 2 aromatic rings. The van der Waals surface area contributed by atoms with Crippen LogP contribution in [0.5, 0.6) is 0 Å². The highest BCUT2D eigenvalue weighted by Gasteiger charge is 2.30. The van der Waals surface area contributed by atoms with E-state index in [1.807, 2.05) is 6.33 Å². The molecule has 2 fully saturated rings. The Bertz CT molecular complexity index is 697. The highest BCUT2D eigenvalue weighted by molar-refractivity contribution is 9.10. The summed E-state index contributed by atoms with van der Waals surface area (Å²) >= 11 is 3.35. The molecule has 2 aromatic heterocycles. The zero-order valence-corrected chi connectivity index (χ0v) is 11.9. The van der Waals surface area contributed by atoms with Crippen molar-refractivity contribution in [1.29, 1.82) is 0 Å². The van der Waals surface area contributed by atoms with Gasteiger partial charge in [0.25, 0.3) is 5.56 Å². The molecular formula is C13H13BrN4O. The second-order valence-corrected chi connectivity index (χ2v) is 6.10. The smallest absolute Gasteiger partial charge is 0.265 e. The molecule has 2 saturated carbocycles. The number of halogens is 1. The number of rotatable bonds is 3. The Kier molecular flexibility index (Phi) is 2.42. The molecule has 2 heterocycles. The van der Waals surface area contributed by atoms with E-state index in [-0.39, 0.29) is 5.56 Å². The van der Waals surface area contributed by atoms with Gasteiger partial charge >= 0.3 is 0 Å². The number of hydrogen-bond acceptors (Lipinski definition) is 3. The van der Waals surface area contributed by atoms with E-state index in [9.17, 15) is 4.79 Å². The topological polar surface area (TPSA) is 63.6 Å². The molecule has 5 nitrogen and oxygen atoms in total. The SMILES string of the molecule is O=c1[nH]c(-c2cncn2C2CC2)nc(C2CC2)c1Br. The largest absolute Gasteiger partial charge is 0.325 e. The maximum absolute atomic E-state index is 12.0. The van der Waals surface area contributed by atoms with Crippen LogP contribution in [0.1, 0.15) is 43.3 Å². The molecule has 0 amide bonds. The second-order valence-electron chi connectivity index (χ2n) is 5.31. The van der Waals surface area contributed by atoms with Gasteiger partial charge in [-0.15, -0.1) is 0 Å². The Labute approximate surface area is 118 Å². The van der Waals surface area contributed by atoms with Crippen molar-refractivity contribution < 1.29 is 0 Å². The first-order valence-electron chi connectivity index (χ1n) is 6.56. The second kappa shape index (κ2) is 4.03. The lowest BCUT2D eigenvalue weighted by Crippen LogP contribution is -2.14. The van der Waals surface area contributed by atoms with Crippen LogP contribution in [0.25, 0.3) is 11.5 Å². The quantitative estimate of drug-likeness (QED) is 0.945. The third-order valence-corrected chi connectivity index (χ3v) is 4.47. The van der Waals surface area contributed by atoms with Crippen molar-refractivity contribution in [1.82, 2.24) is 19.5 Å². The third-order valence-electron chi connectivity index (χ3n) is 3.70. The zero-order valence-electron chi connectivity index (χ0n) is 10.3. The summed E-state index contributed by atoms with van der Waals surface area (Å²) in [5.41, 5.74) is 1.70. The summed E-state index contributed by atoms with van der Waals surface area (Å²) in [5, 5.41) is 0. The molecule has 98 valence electrons. The first kappa shape index (κ1) is 11.4. The molecule has 6 heteroatoms. The normalized spacial score (nSPS) is 18.8. The summed E-state index contributed by atoms with van der Waals surface area (Å²) < 4.78 is 2.69. The van der Waals surface area contributed by atoms with E-state index in [1.165, 1.54) is 12.8 Å². The summed E-state index contributed by atoms with van der Waals surface area (Å²) in [5.74, 6) is 1.08. The summed E-state index contributed by atoms with van der Waals surface area (Å²) in [6.45, 7) is 0. The Hall–Kier alpha value is -1.43. The van der Waals surface area contributed by atoms with Gasteiger partial charge in [0.05, 0.1) is 18.2 Å². The molecule has 19 heavy (non-hydrogen) atoms. The minimum absolute atomic E-state index is 0.101. The summed E-state index contributed by atoms with van der Waals surface area (Å²) in [6.07, 6.45) is 8.21. The van der Waals surface area contributed by atoms with Crippen LogP contribution >= 0.6 is 15.9 Å². The molecule has 2 aliphatic rings. The number of imidazole rings is 1. The Morgan fingerprint density at radius 3 is 2.79 bits per heavy atom. The van der Waals surface area contributed by atoms with Gasteiger partial charge in [0.2, 0.25) is 0 Å². The summed E-state index contributed by atoms with van der Waals surface area (Å²) in [4.78, 5) is 23.7. The molecule has 0 unspecified atom stereocenters. The fraction of sp³-hybridized carbons (Fsp3) is 0.462. The van der Waals surface area contributed by atoms with E-state index < -0.39 is 0 Å². The molecule has 4 rings (SSSR count). The molecule has 0 aliphatic heterocycles. The van der Waals surface area contributed by atoms with Crippen molar-refractivity contribution in [3.8, 4) is 11.5 Å². The number of hydrogen-bond donors (Lipinski definition) is 1. The molecule has 0 aromatic carbocycles. The minimum atomic E-state index is -0.101. The van der Waals surface area contributed by atoms with Gasteiger partial charge in [-0.3, -0.25) is 4.79 Å². The lowest BCUT2D eigenvalue weighted by atomic mass is 10.2. The molecule has 2 aliphatic carbocycles. The molecule has 0 atom stereocenters. The Morgan fingerprint density at radius 1 is 1.32 bits per heavy atom. The molecule has 0 bridgehead atoms. The fourth-order valence-electron chi connectivity index (χ4n) is 2.36. The van der Waals surface area contributed by atoms with E-state index in [0.29, 0.717) is 22.3 Å². The first-order valence-corrected chi connectivity index (χ1v) is 7.35. The number of aromatic amines is 1. The van der Waals surface area contributed by atoms with Gasteiger partial charge in [-0.25, -0.2) is 9.97 Å². The Balaban J connectivity index is 1.86. The van der Waals surface area contributed by atoms with Crippen molar-refractivity contribution >= 4 is 15.9 Å².